The monoisotopic (exact) mass is 328 g/mol. The van der Waals surface area contributed by atoms with Crippen molar-refractivity contribution in [2.75, 3.05) is 11.2 Å². The Labute approximate surface area is 137 Å². The summed E-state index contributed by atoms with van der Waals surface area (Å²) in [5, 5.41) is 7.35. The van der Waals surface area contributed by atoms with Crippen LogP contribution in [0.25, 0.3) is 11.1 Å². The van der Waals surface area contributed by atoms with Crippen molar-refractivity contribution in [1.29, 1.82) is 0 Å². The number of thiazole rings is 1. The first kappa shape index (κ1) is 14.6. The largest absolute Gasteiger partial charge is 0.383 e. The topological polar surface area (TPSA) is 63.3 Å². The Morgan fingerprint density at radius 1 is 1.18 bits per heavy atom. The van der Waals surface area contributed by atoms with Gasteiger partial charge in [-0.2, -0.15) is 5.10 Å². The zero-order valence-corrected chi connectivity index (χ0v) is 13.1. The molecule has 1 aromatic heterocycles. The Bertz CT molecular complexity index is 813. The van der Waals surface area contributed by atoms with E-state index in [1.807, 2.05) is 48.5 Å². The highest BCUT2D eigenvalue weighted by Crippen LogP contribution is 2.25. The molecule has 0 aliphatic rings. The Balaban J connectivity index is 1.85. The molecule has 0 radical (unpaired) electrons. The highest BCUT2D eigenvalue weighted by atomic mass is 35.5. The van der Waals surface area contributed by atoms with E-state index in [-0.39, 0.29) is 0 Å². The van der Waals surface area contributed by atoms with Crippen molar-refractivity contribution in [3.05, 3.63) is 64.5 Å². The minimum Gasteiger partial charge on any atom is -0.383 e. The molecule has 22 heavy (non-hydrogen) atoms. The molecule has 0 aliphatic heterocycles. The van der Waals surface area contributed by atoms with Crippen LogP contribution < -0.4 is 11.2 Å². The van der Waals surface area contributed by atoms with Crippen molar-refractivity contribution in [2.45, 2.75) is 0 Å². The third kappa shape index (κ3) is 3.44. The van der Waals surface area contributed by atoms with Crippen LogP contribution in [-0.4, -0.2) is 11.2 Å². The first-order valence-electron chi connectivity index (χ1n) is 6.57. The van der Waals surface area contributed by atoms with Crippen molar-refractivity contribution in [3.8, 4) is 11.1 Å². The molecule has 110 valence electrons. The summed E-state index contributed by atoms with van der Waals surface area (Å²) in [5.74, 6) is 0.488. The summed E-state index contributed by atoms with van der Waals surface area (Å²) in [4.78, 5) is 4.09. The molecule has 2 aromatic carbocycles. The van der Waals surface area contributed by atoms with Crippen LogP contribution in [0.15, 0.2) is 59.0 Å². The molecule has 3 rings (SSSR count). The number of hydrogen-bond donors (Lipinski definition) is 2. The van der Waals surface area contributed by atoms with E-state index in [2.05, 4.69) is 15.5 Å². The van der Waals surface area contributed by atoms with Crippen LogP contribution in [0.2, 0.25) is 5.02 Å². The molecule has 0 unspecified atom stereocenters. The van der Waals surface area contributed by atoms with E-state index in [1.165, 1.54) is 11.3 Å². The number of nitrogen functional groups attached to an aromatic ring is 1. The van der Waals surface area contributed by atoms with Gasteiger partial charge in [0.25, 0.3) is 0 Å². The fraction of sp³-hybridized carbons (Fsp3) is 0. The van der Waals surface area contributed by atoms with Crippen LogP contribution >= 0.6 is 22.9 Å². The van der Waals surface area contributed by atoms with Gasteiger partial charge >= 0.3 is 0 Å². The van der Waals surface area contributed by atoms with E-state index in [4.69, 9.17) is 17.3 Å². The maximum absolute atomic E-state index is 6.07. The highest BCUT2D eigenvalue weighted by Gasteiger charge is 2.03. The average molecular weight is 329 g/mol. The maximum atomic E-state index is 6.07. The van der Waals surface area contributed by atoms with Gasteiger partial charge in [-0.25, -0.2) is 4.98 Å². The lowest BCUT2D eigenvalue weighted by atomic mass is 10.0. The molecule has 4 nitrogen and oxygen atoms in total. The highest BCUT2D eigenvalue weighted by molar-refractivity contribution is 7.14. The number of aromatic nitrogens is 1. The minimum atomic E-state index is 0.488. The fourth-order valence-electron chi connectivity index (χ4n) is 2.02. The summed E-state index contributed by atoms with van der Waals surface area (Å²) in [7, 11) is 0. The van der Waals surface area contributed by atoms with Gasteiger partial charge in [0, 0.05) is 16.0 Å². The number of rotatable bonds is 4. The number of halogens is 1. The Hall–Kier alpha value is -2.37. The molecule has 0 atom stereocenters. The lowest BCUT2D eigenvalue weighted by Gasteiger charge is -2.06. The van der Waals surface area contributed by atoms with Crippen LogP contribution in [-0.2, 0) is 0 Å². The fourth-order valence-corrected chi connectivity index (χ4v) is 2.76. The van der Waals surface area contributed by atoms with Gasteiger partial charge in [-0.3, -0.25) is 5.43 Å². The van der Waals surface area contributed by atoms with Gasteiger partial charge in [0.05, 0.1) is 6.21 Å². The van der Waals surface area contributed by atoms with Gasteiger partial charge in [0.15, 0.2) is 0 Å². The molecule has 0 aliphatic carbocycles. The molecular weight excluding hydrogens is 316 g/mol. The molecule has 3 N–H and O–H groups in total. The van der Waals surface area contributed by atoms with Crippen molar-refractivity contribution in [3.63, 3.8) is 0 Å². The van der Waals surface area contributed by atoms with Gasteiger partial charge in [-0.1, -0.05) is 48.0 Å². The third-order valence-electron chi connectivity index (χ3n) is 2.98. The second-order valence-corrected chi connectivity index (χ2v) is 5.84. The van der Waals surface area contributed by atoms with Gasteiger partial charge in [-0.05, 0) is 23.3 Å². The zero-order chi connectivity index (χ0) is 15.4. The predicted molar refractivity (Wildman–Crippen MR) is 94.6 cm³/mol. The van der Waals surface area contributed by atoms with Crippen molar-refractivity contribution in [1.82, 2.24) is 4.98 Å². The maximum Gasteiger partial charge on any atom is 0.205 e. The number of anilines is 2. The summed E-state index contributed by atoms with van der Waals surface area (Å²) in [6, 6.07) is 15.7. The summed E-state index contributed by atoms with van der Waals surface area (Å²) >= 11 is 7.48. The minimum absolute atomic E-state index is 0.488. The average Bonchev–Trinajstić information content (AvgIpc) is 2.93. The molecule has 0 saturated heterocycles. The number of hydrogen-bond acceptors (Lipinski definition) is 5. The van der Waals surface area contributed by atoms with Crippen LogP contribution in [0, 0.1) is 0 Å². The Kier molecular flexibility index (Phi) is 4.37. The molecular formula is C16H13ClN4S. The number of nitrogens with zero attached hydrogens (tertiary/aromatic N) is 2. The molecule has 6 heteroatoms. The summed E-state index contributed by atoms with van der Waals surface area (Å²) in [6.07, 6.45) is 1.76. The smallest absolute Gasteiger partial charge is 0.205 e. The van der Waals surface area contributed by atoms with Crippen molar-refractivity contribution >= 4 is 40.1 Å². The predicted octanol–water partition coefficient (Wildman–Crippen LogP) is 4.49. The summed E-state index contributed by atoms with van der Waals surface area (Å²) in [6.45, 7) is 0. The first-order chi connectivity index (χ1) is 10.7. The second-order valence-electron chi connectivity index (χ2n) is 4.55. The Morgan fingerprint density at radius 3 is 2.82 bits per heavy atom. The van der Waals surface area contributed by atoms with Gasteiger partial charge < -0.3 is 5.73 Å². The van der Waals surface area contributed by atoms with Crippen LogP contribution in [0.5, 0.6) is 0 Å². The SMILES string of the molecule is Nc1csc(NN=Cc2ccccc2-c2cccc(Cl)c2)n1. The molecule has 0 amide bonds. The second kappa shape index (κ2) is 6.60. The van der Waals surface area contributed by atoms with Crippen LogP contribution in [0.3, 0.4) is 0 Å². The van der Waals surface area contributed by atoms with E-state index in [9.17, 15) is 0 Å². The van der Waals surface area contributed by atoms with E-state index < -0.39 is 0 Å². The van der Waals surface area contributed by atoms with Gasteiger partial charge in [0.1, 0.15) is 5.82 Å². The van der Waals surface area contributed by atoms with Crippen LogP contribution in [0.4, 0.5) is 10.9 Å². The summed E-state index contributed by atoms with van der Waals surface area (Å²) < 4.78 is 0. The zero-order valence-electron chi connectivity index (χ0n) is 11.5. The number of hydrazone groups is 1. The van der Waals surface area contributed by atoms with E-state index in [1.54, 1.807) is 11.6 Å². The quantitative estimate of drug-likeness (QED) is 0.548. The normalized spacial score (nSPS) is 11.0. The lowest BCUT2D eigenvalue weighted by Crippen LogP contribution is -1.93. The molecule has 0 saturated carbocycles. The number of nitrogens with two attached hydrogens (primary N) is 1. The molecule has 0 fully saturated rings. The number of benzene rings is 2. The molecule has 3 aromatic rings. The Morgan fingerprint density at radius 2 is 2.05 bits per heavy atom. The van der Waals surface area contributed by atoms with Crippen LogP contribution in [0.1, 0.15) is 5.56 Å². The van der Waals surface area contributed by atoms with Crippen molar-refractivity contribution in [2.24, 2.45) is 5.10 Å². The molecule has 1 heterocycles. The van der Waals surface area contributed by atoms with E-state index >= 15 is 0 Å². The third-order valence-corrected chi connectivity index (χ3v) is 3.98. The van der Waals surface area contributed by atoms with E-state index in [0.717, 1.165) is 16.7 Å². The number of nitrogens with one attached hydrogen (secondary N) is 1. The van der Waals surface area contributed by atoms with Crippen molar-refractivity contribution < 1.29 is 0 Å². The molecule has 0 spiro atoms. The lowest BCUT2D eigenvalue weighted by molar-refractivity contribution is 1.29. The van der Waals surface area contributed by atoms with E-state index in [0.29, 0.717) is 16.0 Å². The van der Waals surface area contributed by atoms with Gasteiger partial charge in [0.2, 0.25) is 5.13 Å². The molecule has 0 bridgehead atoms. The standard InChI is InChI=1S/C16H13ClN4S/c17-13-6-3-5-11(8-13)14-7-2-1-4-12(14)9-19-21-16-20-15(18)10-22-16/h1-10H,18H2,(H,20,21). The van der Waals surface area contributed by atoms with Gasteiger partial charge in [-0.15, -0.1) is 11.3 Å². The summed E-state index contributed by atoms with van der Waals surface area (Å²) in [5.41, 5.74) is 11.5. The first-order valence-corrected chi connectivity index (χ1v) is 7.83.